The number of nitrogens with one attached hydrogen (secondary N) is 1. The largest absolute Gasteiger partial charge is 0.369 e. The lowest BCUT2D eigenvalue weighted by atomic mass is 9.81. The summed E-state index contributed by atoms with van der Waals surface area (Å²) in [7, 11) is 0. The lowest BCUT2D eigenvalue weighted by Gasteiger charge is -2.28. The van der Waals surface area contributed by atoms with Gasteiger partial charge in [0.05, 0.1) is 9.40 Å². The van der Waals surface area contributed by atoms with E-state index in [9.17, 15) is 10.1 Å². The maximum Gasteiger partial charge on any atom is 0.291 e. The van der Waals surface area contributed by atoms with Crippen LogP contribution in [0.3, 0.4) is 0 Å². The van der Waals surface area contributed by atoms with Gasteiger partial charge in [-0.1, -0.05) is 26.2 Å². The minimum atomic E-state index is -0.400. The SMILES string of the molecule is CCC1CCC(CNc2ncc([N+](=O)[O-])c(C)c2Br)CC1. The van der Waals surface area contributed by atoms with Gasteiger partial charge in [-0.05, 0) is 47.5 Å². The van der Waals surface area contributed by atoms with E-state index in [1.807, 2.05) is 0 Å². The predicted octanol–water partition coefficient (Wildman–Crippen LogP) is 4.69. The Morgan fingerprint density at radius 3 is 2.57 bits per heavy atom. The van der Waals surface area contributed by atoms with Gasteiger partial charge >= 0.3 is 0 Å². The molecule has 1 aromatic heterocycles. The van der Waals surface area contributed by atoms with Crippen molar-refractivity contribution in [1.29, 1.82) is 0 Å². The van der Waals surface area contributed by atoms with Crippen LogP contribution in [-0.2, 0) is 0 Å². The van der Waals surface area contributed by atoms with E-state index in [2.05, 4.69) is 33.2 Å². The first-order chi connectivity index (χ1) is 10.0. The van der Waals surface area contributed by atoms with Crippen molar-refractivity contribution in [2.24, 2.45) is 11.8 Å². The van der Waals surface area contributed by atoms with Crippen LogP contribution in [0.15, 0.2) is 10.7 Å². The number of hydrogen-bond donors (Lipinski definition) is 1. The second-order valence-electron chi connectivity index (χ2n) is 5.86. The van der Waals surface area contributed by atoms with Crippen molar-refractivity contribution < 1.29 is 4.92 Å². The molecule has 0 bridgehead atoms. The fourth-order valence-corrected chi connectivity index (χ4v) is 3.41. The zero-order valence-electron chi connectivity index (χ0n) is 12.6. The van der Waals surface area contributed by atoms with Crippen molar-refractivity contribution in [2.45, 2.75) is 46.0 Å². The smallest absolute Gasteiger partial charge is 0.291 e. The highest BCUT2D eigenvalue weighted by Crippen LogP contribution is 2.33. The van der Waals surface area contributed by atoms with Crippen LogP contribution in [0.4, 0.5) is 11.5 Å². The van der Waals surface area contributed by atoms with Gasteiger partial charge in [-0.3, -0.25) is 10.1 Å². The van der Waals surface area contributed by atoms with Crippen molar-refractivity contribution in [3.05, 3.63) is 26.3 Å². The summed E-state index contributed by atoms with van der Waals surface area (Å²) in [5, 5.41) is 14.2. The Kier molecular flexibility index (Phi) is 5.56. The summed E-state index contributed by atoms with van der Waals surface area (Å²) in [6, 6.07) is 0. The third kappa shape index (κ3) is 3.93. The number of aromatic nitrogens is 1. The van der Waals surface area contributed by atoms with Gasteiger partial charge in [-0.15, -0.1) is 0 Å². The molecule has 1 saturated carbocycles. The topological polar surface area (TPSA) is 68.1 Å². The number of nitrogens with zero attached hydrogens (tertiary/aromatic N) is 2. The molecule has 0 amide bonds. The van der Waals surface area contributed by atoms with Gasteiger partial charge < -0.3 is 5.32 Å². The molecule has 1 aliphatic carbocycles. The van der Waals surface area contributed by atoms with Gasteiger partial charge in [-0.2, -0.15) is 0 Å². The molecule has 1 fully saturated rings. The molecule has 6 heteroatoms. The summed E-state index contributed by atoms with van der Waals surface area (Å²) >= 11 is 3.42. The van der Waals surface area contributed by atoms with Gasteiger partial charge in [0.15, 0.2) is 0 Å². The van der Waals surface area contributed by atoms with E-state index >= 15 is 0 Å². The van der Waals surface area contributed by atoms with Crippen LogP contribution < -0.4 is 5.32 Å². The maximum atomic E-state index is 10.9. The van der Waals surface area contributed by atoms with E-state index in [0.717, 1.165) is 12.5 Å². The Morgan fingerprint density at radius 2 is 2.00 bits per heavy atom. The Balaban J connectivity index is 1.95. The Hall–Kier alpha value is -1.17. The van der Waals surface area contributed by atoms with Crippen LogP contribution in [0.2, 0.25) is 0 Å². The standard InChI is InChI=1S/C15H22BrN3O2/c1-3-11-4-6-12(7-5-11)8-17-15-14(16)10(2)13(9-18-15)19(20)21/h9,11-12H,3-8H2,1-2H3,(H,17,18). The molecule has 0 unspecified atom stereocenters. The molecule has 116 valence electrons. The Morgan fingerprint density at radius 1 is 1.38 bits per heavy atom. The highest BCUT2D eigenvalue weighted by atomic mass is 79.9. The Labute approximate surface area is 133 Å². The third-order valence-electron chi connectivity index (χ3n) is 4.54. The molecule has 0 radical (unpaired) electrons. The van der Waals surface area contributed by atoms with Crippen molar-refractivity contribution >= 4 is 27.4 Å². The van der Waals surface area contributed by atoms with E-state index in [-0.39, 0.29) is 5.69 Å². The molecule has 0 spiro atoms. The average Bonchev–Trinajstić information content (AvgIpc) is 2.49. The molecule has 5 nitrogen and oxygen atoms in total. The number of halogens is 1. The molecule has 0 aliphatic heterocycles. The van der Waals surface area contributed by atoms with Crippen LogP contribution in [0.5, 0.6) is 0 Å². The zero-order chi connectivity index (χ0) is 15.4. The molecule has 2 rings (SSSR count). The van der Waals surface area contributed by atoms with Crippen LogP contribution in [0.1, 0.15) is 44.6 Å². The predicted molar refractivity (Wildman–Crippen MR) is 87.6 cm³/mol. The number of pyridine rings is 1. The third-order valence-corrected chi connectivity index (χ3v) is 5.51. The van der Waals surface area contributed by atoms with Gasteiger partial charge in [0.2, 0.25) is 0 Å². The van der Waals surface area contributed by atoms with Crippen molar-refractivity contribution in [2.75, 3.05) is 11.9 Å². The lowest BCUT2D eigenvalue weighted by molar-refractivity contribution is -0.385. The number of nitro groups is 1. The van der Waals surface area contributed by atoms with E-state index in [1.54, 1.807) is 6.92 Å². The molecule has 1 aliphatic rings. The van der Waals surface area contributed by atoms with Gasteiger partial charge in [0.1, 0.15) is 12.0 Å². The monoisotopic (exact) mass is 355 g/mol. The number of anilines is 1. The summed E-state index contributed by atoms with van der Waals surface area (Å²) in [6.07, 6.45) is 7.77. The highest BCUT2D eigenvalue weighted by molar-refractivity contribution is 9.10. The summed E-state index contributed by atoms with van der Waals surface area (Å²) in [5.74, 6) is 2.28. The van der Waals surface area contributed by atoms with Crippen LogP contribution in [-0.4, -0.2) is 16.5 Å². The van der Waals surface area contributed by atoms with E-state index in [4.69, 9.17) is 0 Å². The molecule has 1 N–H and O–H groups in total. The van der Waals surface area contributed by atoms with E-state index < -0.39 is 4.92 Å². The summed E-state index contributed by atoms with van der Waals surface area (Å²) in [6.45, 7) is 4.89. The second-order valence-corrected chi connectivity index (χ2v) is 6.66. The summed E-state index contributed by atoms with van der Waals surface area (Å²) < 4.78 is 0.693. The first-order valence-electron chi connectivity index (χ1n) is 7.56. The quantitative estimate of drug-likeness (QED) is 0.614. The summed E-state index contributed by atoms with van der Waals surface area (Å²) in [5.41, 5.74) is 0.670. The second kappa shape index (κ2) is 7.20. The molecule has 0 aromatic carbocycles. The van der Waals surface area contributed by atoms with Gasteiger partial charge in [-0.25, -0.2) is 4.98 Å². The average molecular weight is 356 g/mol. The summed E-state index contributed by atoms with van der Waals surface area (Å²) in [4.78, 5) is 14.7. The number of rotatable bonds is 5. The van der Waals surface area contributed by atoms with Crippen LogP contribution in [0, 0.1) is 28.9 Å². The van der Waals surface area contributed by atoms with Crippen molar-refractivity contribution in [3.8, 4) is 0 Å². The highest BCUT2D eigenvalue weighted by Gasteiger charge is 2.21. The Bertz CT molecular complexity index is 514. The maximum absolute atomic E-state index is 10.9. The van der Waals surface area contributed by atoms with E-state index in [1.165, 1.54) is 38.3 Å². The van der Waals surface area contributed by atoms with Gasteiger partial charge in [0.25, 0.3) is 5.69 Å². The van der Waals surface area contributed by atoms with Crippen LogP contribution in [0.25, 0.3) is 0 Å². The van der Waals surface area contributed by atoms with Crippen molar-refractivity contribution in [1.82, 2.24) is 4.98 Å². The molecule has 0 saturated heterocycles. The minimum absolute atomic E-state index is 0.0517. The normalized spacial score (nSPS) is 22.0. The molecule has 21 heavy (non-hydrogen) atoms. The van der Waals surface area contributed by atoms with E-state index in [0.29, 0.717) is 21.8 Å². The first-order valence-corrected chi connectivity index (χ1v) is 8.35. The minimum Gasteiger partial charge on any atom is -0.369 e. The molecular formula is C15H22BrN3O2. The molecule has 1 aromatic rings. The van der Waals surface area contributed by atoms with Crippen LogP contribution >= 0.6 is 15.9 Å². The van der Waals surface area contributed by atoms with Gasteiger partial charge in [0, 0.05) is 12.1 Å². The fraction of sp³-hybridized carbons (Fsp3) is 0.667. The molecule has 1 heterocycles. The number of hydrogen-bond acceptors (Lipinski definition) is 4. The lowest BCUT2D eigenvalue weighted by Crippen LogP contribution is -2.21. The zero-order valence-corrected chi connectivity index (χ0v) is 14.1. The molecular weight excluding hydrogens is 334 g/mol. The fourth-order valence-electron chi connectivity index (χ4n) is 2.96. The van der Waals surface area contributed by atoms with Crippen molar-refractivity contribution in [3.63, 3.8) is 0 Å². The first kappa shape index (κ1) is 16.2. The molecule has 0 atom stereocenters.